The second-order valence-corrected chi connectivity index (χ2v) is 10.2. The molecule has 0 aromatic rings. The first kappa shape index (κ1) is 16.2. The summed E-state index contributed by atoms with van der Waals surface area (Å²) in [5, 5.41) is 0. The minimum atomic E-state index is 0.324. The minimum absolute atomic E-state index is 0.324. The fraction of sp³-hybridized carbons (Fsp3) is 0.955. The van der Waals surface area contributed by atoms with Gasteiger partial charge >= 0.3 is 0 Å². The average molecular weight is 317 g/mol. The highest BCUT2D eigenvalue weighted by molar-refractivity contribution is 5.79. The van der Waals surface area contributed by atoms with Crippen LogP contribution in [0, 0.1) is 46.3 Å². The second kappa shape index (κ2) is 5.33. The number of hydrogen-bond donors (Lipinski definition) is 0. The van der Waals surface area contributed by atoms with E-state index in [1.165, 1.54) is 57.8 Å². The molecule has 1 heteroatoms. The molecular weight excluding hydrogens is 280 g/mol. The summed E-state index contributed by atoms with van der Waals surface area (Å²) in [6.45, 7) is 9.54. The van der Waals surface area contributed by atoms with Crippen molar-refractivity contribution in [1.29, 1.82) is 0 Å². The van der Waals surface area contributed by atoms with Crippen LogP contribution in [0.25, 0.3) is 0 Å². The van der Waals surface area contributed by atoms with Crippen LogP contribution in [0.15, 0.2) is 0 Å². The normalized spacial score (nSPS) is 55.7. The van der Waals surface area contributed by atoms with E-state index < -0.39 is 0 Å². The third-order valence-corrected chi connectivity index (χ3v) is 9.43. The predicted molar refractivity (Wildman–Crippen MR) is 95.1 cm³/mol. The van der Waals surface area contributed by atoms with Crippen LogP contribution in [0.2, 0.25) is 0 Å². The van der Waals surface area contributed by atoms with E-state index in [4.69, 9.17) is 0 Å². The lowest BCUT2D eigenvalue weighted by molar-refractivity contribution is -0.141. The van der Waals surface area contributed by atoms with Gasteiger partial charge in [-0.15, -0.1) is 0 Å². The molecule has 23 heavy (non-hydrogen) atoms. The van der Waals surface area contributed by atoms with Gasteiger partial charge in [0.1, 0.15) is 5.78 Å². The highest BCUT2D eigenvalue weighted by Crippen LogP contribution is 2.68. The summed E-state index contributed by atoms with van der Waals surface area (Å²) < 4.78 is 0. The lowest BCUT2D eigenvalue weighted by Gasteiger charge is -2.62. The molecule has 1 unspecified atom stereocenters. The van der Waals surface area contributed by atoms with Crippen molar-refractivity contribution in [3.8, 4) is 0 Å². The van der Waals surface area contributed by atoms with Gasteiger partial charge in [-0.25, -0.2) is 0 Å². The lowest BCUT2D eigenvalue weighted by atomic mass is 9.43. The zero-order chi connectivity index (χ0) is 16.4. The largest absolute Gasteiger partial charge is 0.300 e. The van der Waals surface area contributed by atoms with Crippen LogP contribution < -0.4 is 0 Å². The summed E-state index contributed by atoms with van der Waals surface area (Å²) in [6.07, 6.45) is 12.6. The maximum atomic E-state index is 12.2. The van der Waals surface area contributed by atoms with Crippen LogP contribution in [0.1, 0.15) is 85.5 Å². The Morgan fingerprint density at radius 1 is 0.870 bits per heavy atom. The molecule has 4 saturated carbocycles. The molecular formula is C22H36O. The molecule has 0 bridgehead atoms. The first-order chi connectivity index (χ1) is 10.9. The quantitative estimate of drug-likeness (QED) is 0.591. The summed E-state index contributed by atoms with van der Waals surface area (Å²) >= 11 is 0. The number of carbonyl (C=O) groups excluding carboxylic acids is 1. The minimum Gasteiger partial charge on any atom is -0.300 e. The Hall–Kier alpha value is -0.330. The SMILES string of the molecule is CC(=O)[C@H]1CC[C@H]2[C@@H]3C[C@H](C)C4CCCC[C@]4(C)[C@H]3CC[C@]12C. The molecule has 0 saturated heterocycles. The smallest absolute Gasteiger partial charge is 0.133 e. The maximum absolute atomic E-state index is 12.2. The van der Waals surface area contributed by atoms with Gasteiger partial charge in [-0.2, -0.15) is 0 Å². The molecule has 4 aliphatic carbocycles. The second-order valence-electron chi connectivity index (χ2n) is 10.2. The molecule has 130 valence electrons. The van der Waals surface area contributed by atoms with Gasteiger partial charge in [0.25, 0.3) is 0 Å². The third-order valence-electron chi connectivity index (χ3n) is 9.43. The van der Waals surface area contributed by atoms with Crippen molar-refractivity contribution in [2.24, 2.45) is 46.3 Å². The summed E-state index contributed by atoms with van der Waals surface area (Å²) in [7, 11) is 0. The summed E-state index contributed by atoms with van der Waals surface area (Å²) in [4.78, 5) is 12.2. The fourth-order valence-corrected chi connectivity index (χ4v) is 8.48. The van der Waals surface area contributed by atoms with Crippen molar-refractivity contribution >= 4 is 5.78 Å². The summed E-state index contributed by atoms with van der Waals surface area (Å²) in [6, 6.07) is 0. The first-order valence-electron chi connectivity index (χ1n) is 10.4. The van der Waals surface area contributed by atoms with E-state index in [0.717, 1.165) is 29.6 Å². The molecule has 4 rings (SSSR count). The number of ketones is 1. The molecule has 4 aliphatic rings. The Morgan fingerprint density at radius 3 is 2.35 bits per heavy atom. The van der Waals surface area contributed by atoms with Crippen molar-refractivity contribution < 1.29 is 4.79 Å². The van der Waals surface area contributed by atoms with Crippen molar-refractivity contribution in [1.82, 2.24) is 0 Å². The monoisotopic (exact) mass is 316 g/mol. The molecule has 1 nitrogen and oxygen atoms in total. The van der Waals surface area contributed by atoms with Gasteiger partial charge in [0, 0.05) is 5.92 Å². The van der Waals surface area contributed by atoms with E-state index in [0.29, 0.717) is 22.5 Å². The van der Waals surface area contributed by atoms with Gasteiger partial charge < -0.3 is 0 Å². The molecule has 4 fully saturated rings. The number of rotatable bonds is 1. The number of Topliss-reactive ketones (excluding diaryl/α,β-unsaturated/α-hetero) is 1. The molecule has 0 aromatic carbocycles. The summed E-state index contributed by atoms with van der Waals surface area (Å²) in [5.41, 5.74) is 0.931. The first-order valence-corrected chi connectivity index (χ1v) is 10.4. The fourth-order valence-electron chi connectivity index (χ4n) is 8.48. The maximum Gasteiger partial charge on any atom is 0.133 e. The Bertz CT molecular complexity index is 496. The van der Waals surface area contributed by atoms with E-state index in [2.05, 4.69) is 20.8 Å². The third kappa shape index (κ3) is 2.13. The van der Waals surface area contributed by atoms with Crippen LogP contribution >= 0.6 is 0 Å². The molecule has 8 atom stereocenters. The zero-order valence-corrected chi connectivity index (χ0v) is 15.7. The zero-order valence-electron chi connectivity index (χ0n) is 15.7. The number of fused-ring (bicyclic) bond motifs is 5. The van der Waals surface area contributed by atoms with Gasteiger partial charge in [-0.1, -0.05) is 33.6 Å². The van der Waals surface area contributed by atoms with Gasteiger partial charge in [0.15, 0.2) is 0 Å². The Balaban J connectivity index is 1.67. The van der Waals surface area contributed by atoms with Crippen molar-refractivity contribution in [3.05, 3.63) is 0 Å². The highest BCUT2D eigenvalue weighted by atomic mass is 16.1. The predicted octanol–water partition coefficient (Wildman–Crippen LogP) is 5.87. The standard InChI is InChI=1S/C22H36O/c1-14-13-16-19-9-8-18(15(2)23)22(19,4)12-10-20(16)21(3)11-6-5-7-17(14)21/h14,16-20H,5-13H2,1-4H3/t14-,16-,17?,18+,19-,20-,21-,22+/m0/s1. The van der Waals surface area contributed by atoms with Crippen molar-refractivity contribution in [3.63, 3.8) is 0 Å². The topological polar surface area (TPSA) is 17.1 Å². The van der Waals surface area contributed by atoms with Crippen molar-refractivity contribution in [2.45, 2.75) is 85.5 Å². The van der Waals surface area contributed by atoms with E-state index >= 15 is 0 Å². The Kier molecular flexibility index (Phi) is 3.75. The average Bonchev–Trinajstić information content (AvgIpc) is 2.85. The van der Waals surface area contributed by atoms with E-state index in [1.54, 1.807) is 0 Å². The van der Waals surface area contributed by atoms with Crippen LogP contribution in [-0.4, -0.2) is 5.78 Å². The van der Waals surface area contributed by atoms with E-state index in [9.17, 15) is 4.79 Å². The number of carbonyl (C=O) groups is 1. The van der Waals surface area contributed by atoms with Gasteiger partial charge in [-0.05, 0) is 92.3 Å². The Morgan fingerprint density at radius 2 is 1.61 bits per heavy atom. The molecule has 0 heterocycles. The molecule has 0 aromatic heterocycles. The van der Waals surface area contributed by atoms with Gasteiger partial charge in [-0.3, -0.25) is 4.79 Å². The van der Waals surface area contributed by atoms with Crippen LogP contribution in [-0.2, 0) is 4.79 Å². The lowest BCUT2D eigenvalue weighted by Crippen LogP contribution is -2.55. The molecule has 0 radical (unpaired) electrons. The van der Waals surface area contributed by atoms with Crippen molar-refractivity contribution in [2.75, 3.05) is 0 Å². The highest BCUT2D eigenvalue weighted by Gasteiger charge is 2.61. The summed E-state index contributed by atoms with van der Waals surface area (Å²) in [5.74, 6) is 5.41. The van der Waals surface area contributed by atoms with Crippen LogP contribution in [0.3, 0.4) is 0 Å². The Labute approximate surface area is 143 Å². The molecule has 0 N–H and O–H groups in total. The van der Waals surface area contributed by atoms with Gasteiger partial charge in [0.2, 0.25) is 0 Å². The molecule has 0 aliphatic heterocycles. The van der Waals surface area contributed by atoms with E-state index in [1.807, 2.05) is 6.92 Å². The number of hydrogen-bond acceptors (Lipinski definition) is 1. The van der Waals surface area contributed by atoms with Crippen LogP contribution in [0.5, 0.6) is 0 Å². The molecule has 0 amide bonds. The van der Waals surface area contributed by atoms with Crippen LogP contribution in [0.4, 0.5) is 0 Å². The molecule has 0 spiro atoms. The van der Waals surface area contributed by atoms with Gasteiger partial charge in [0.05, 0.1) is 0 Å². The van der Waals surface area contributed by atoms with E-state index in [-0.39, 0.29) is 0 Å².